The highest BCUT2D eigenvalue weighted by Gasteiger charge is 2.16. The molecule has 104 valence electrons. The molecule has 0 aliphatic heterocycles. The smallest absolute Gasteiger partial charge is 0.258 e. The number of carbonyl (C=O) groups is 1. The molecule has 0 aromatic heterocycles. The van der Waals surface area contributed by atoms with Crippen LogP contribution >= 0.6 is 0 Å². The van der Waals surface area contributed by atoms with Crippen molar-refractivity contribution in [2.24, 2.45) is 0 Å². The summed E-state index contributed by atoms with van der Waals surface area (Å²) >= 11 is 0. The van der Waals surface area contributed by atoms with Crippen molar-refractivity contribution < 1.29 is 13.6 Å². The molecule has 5 heteroatoms. The van der Waals surface area contributed by atoms with Crippen LogP contribution in [0.3, 0.4) is 0 Å². The van der Waals surface area contributed by atoms with E-state index in [9.17, 15) is 13.6 Å². The van der Waals surface area contributed by atoms with E-state index < -0.39 is 17.5 Å². The van der Waals surface area contributed by atoms with Crippen LogP contribution in [0, 0.1) is 18.6 Å². The van der Waals surface area contributed by atoms with E-state index in [2.05, 4.69) is 0 Å². The Morgan fingerprint density at radius 3 is 2.50 bits per heavy atom. The molecular formula is C15H14F2N2O. The van der Waals surface area contributed by atoms with Gasteiger partial charge in [0.1, 0.15) is 11.6 Å². The maximum Gasteiger partial charge on any atom is 0.258 e. The second kappa shape index (κ2) is 5.28. The summed E-state index contributed by atoms with van der Waals surface area (Å²) in [5, 5.41) is 0. The van der Waals surface area contributed by atoms with E-state index >= 15 is 0 Å². The quantitative estimate of drug-likeness (QED) is 0.856. The molecule has 1 amide bonds. The Morgan fingerprint density at radius 2 is 1.90 bits per heavy atom. The third-order valence-corrected chi connectivity index (χ3v) is 3.13. The molecule has 20 heavy (non-hydrogen) atoms. The zero-order valence-corrected chi connectivity index (χ0v) is 11.2. The summed E-state index contributed by atoms with van der Waals surface area (Å²) in [7, 11) is 1.49. The van der Waals surface area contributed by atoms with Crippen LogP contribution in [0.15, 0.2) is 36.4 Å². The number of anilines is 2. The highest BCUT2D eigenvalue weighted by atomic mass is 19.1. The Morgan fingerprint density at radius 1 is 1.20 bits per heavy atom. The largest absolute Gasteiger partial charge is 0.398 e. The fourth-order valence-electron chi connectivity index (χ4n) is 1.82. The maximum absolute atomic E-state index is 13.6. The zero-order chi connectivity index (χ0) is 14.9. The molecule has 2 aromatic carbocycles. The lowest BCUT2D eigenvalue weighted by atomic mass is 10.1. The number of benzene rings is 2. The van der Waals surface area contributed by atoms with Gasteiger partial charge in [0.2, 0.25) is 0 Å². The van der Waals surface area contributed by atoms with E-state index in [1.165, 1.54) is 43.1 Å². The number of hydrogen-bond acceptors (Lipinski definition) is 2. The molecule has 0 bridgehead atoms. The summed E-state index contributed by atoms with van der Waals surface area (Å²) in [4.78, 5) is 13.5. The third kappa shape index (κ3) is 2.61. The summed E-state index contributed by atoms with van der Waals surface area (Å²) in [5.41, 5.74) is 6.67. The molecule has 0 aliphatic rings. The molecule has 0 saturated heterocycles. The summed E-state index contributed by atoms with van der Waals surface area (Å²) in [5.74, 6) is -1.45. The number of hydrogen-bond donors (Lipinski definition) is 1. The fourth-order valence-corrected chi connectivity index (χ4v) is 1.82. The summed E-state index contributed by atoms with van der Waals surface area (Å²) in [6.07, 6.45) is 0. The van der Waals surface area contributed by atoms with Gasteiger partial charge in [-0.1, -0.05) is 6.07 Å². The zero-order valence-electron chi connectivity index (χ0n) is 11.2. The number of carbonyl (C=O) groups excluding carboxylic acids is 1. The number of rotatable bonds is 2. The molecular weight excluding hydrogens is 262 g/mol. The Hall–Kier alpha value is -2.43. The molecule has 0 atom stereocenters. The lowest BCUT2D eigenvalue weighted by Crippen LogP contribution is -2.26. The van der Waals surface area contributed by atoms with Crippen LogP contribution in [-0.2, 0) is 0 Å². The van der Waals surface area contributed by atoms with E-state index in [1.807, 2.05) is 0 Å². The normalized spacial score (nSPS) is 10.4. The van der Waals surface area contributed by atoms with Crippen molar-refractivity contribution in [3.05, 3.63) is 59.2 Å². The van der Waals surface area contributed by atoms with Gasteiger partial charge in [0.05, 0.1) is 0 Å². The topological polar surface area (TPSA) is 46.3 Å². The second-order valence-corrected chi connectivity index (χ2v) is 4.52. The van der Waals surface area contributed by atoms with Crippen molar-refractivity contribution in [2.75, 3.05) is 17.7 Å². The minimum atomic E-state index is -0.541. The van der Waals surface area contributed by atoms with E-state index in [4.69, 9.17) is 5.73 Å². The fraction of sp³-hybridized carbons (Fsp3) is 0.133. The van der Waals surface area contributed by atoms with E-state index in [0.717, 1.165) is 6.07 Å². The lowest BCUT2D eigenvalue weighted by Gasteiger charge is -2.18. The highest BCUT2D eigenvalue weighted by molar-refractivity contribution is 6.06. The molecule has 0 radical (unpaired) electrons. The van der Waals surface area contributed by atoms with Crippen LogP contribution in [0.5, 0.6) is 0 Å². The predicted molar refractivity (Wildman–Crippen MR) is 74.7 cm³/mol. The molecule has 2 rings (SSSR count). The van der Waals surface area contributed by atoms with Crippen molar-refractivity contribution in [1.29, 1.82) is 0 Å². The van der Waals surface area contributed by atoms with Crippen LogP contribution in [-0.4, -0.2) is 13.0 Å². The number of amides is 1. The van der Waals surface area contributed by atoms with E-state index in [0.29, 0.717) is 11.3 Å². The van der Waals surface area contributed by atoms with E-state index in [-0.39, 0.29) is 11.3 Å². The lowest BCUT2D eigenvalue weighted by molar-refractivity contribution is 0.0992. The minimum absolute atomic E-state index is 0.123. The van der Waals surface area contributed by atoms with Gasteiger partial charge in [-0.05, 0) is 37.3 Å². The average molecular weight is 276 g/mol. The minimum Gasteiger partial charge on any atom is -0.398 e. The molecule has 3 nitrogen and oxygen atoms in total. The first-order chi connectivity index (χ1) is 9.40. The van der Waals surface area contributed by atoms with Crippen LogP contribution in [0.25, 0.3) is 0 Å². The first-order valence-electron chi connectivity index (χ1n) is 5.99. The second-order valence-electron chi connectivity index (χ2n) is 4.52. The Balaban J connectivity index is 2.36. The van der Waals surface area contributed by atoms with Crippen molar-refractivity contribution in [2.45, 2.75) is 6.92 Å². The Kier molecular flexibility index (Phi) is 3.70. The number of halogens is 2. The van der Waals surface area contributed by atoms with Gasteiger partial charge in [0.25, 0.3) is 5.91 Å². The van der Waals surface area contributed by atoms with Crippen molar-refractivity contribution >= 4 is 17.3 Å². The van der Waals surface area contributed by atoms with Crippen LogP contribution in [0.4, 0.5) is 20.2 Å². The maximum atomic E-state index is 13.6. The van der Waals surface area contributed by atoms with Crippen LogP contribution < -0.4 is 10.6 Å². The van der Waals surface area contributed by atoms with Gasteiger partial charge in [-0.25, -0.2) is 8.78 Å². The van der Waals surface area contributed by atoms with Crippen LogP contribution in [0.1, 0.15) is 15.9 Å². The van der Waals surface area contributed by atoms with Gasteiger partial charge < -0.3 is 10.6 Å². The van der Waals surface area contributed by atoms with Gasteiger partial charge in [0, 0.05) is 29.5 Å². The highest BCUT2D eigenvalue weighted by Crippen LogP contribution is 2.21. The molecule has 2 aromatic rings. The number of nitrogens with zero attached hydrogens (tertiary/aromatic N) is 1. The first-order valence-corrected chi connectivity index (χ1v) is 5.99. The van der Waals surface area contributed by atoms with Gasteiger partial charge in [-0.2, -0.15) is 0 Å². The van der Waals surface area contributed by atoms with Crippen LogP contribution in [0.2, 0.25) is 0 Å². The summed E-state index contributed by atoms with van der Waals surface area (Å²) < 4.78 is 26.8. The number of nitrogens with two attached hydrogens (primary N) is 1. The SMILES string of the molecule is Cc1c(N)cc(C(=O)N(C)c2cccc(F)c2)cc1F. The van der Waals surface area contributed by atoms with E-state index in [1.54, 1.807) is 6.07 Å². The molecule has 0 heterocycles. The Labute approximate surface area is 115 Å². The predicted octanol–water partition coefficient (Wildman–Crippen LogP) is 3.13. The standard InChI is InChI=1S/C15H14F2N2O/c1-9-13(17)6-10(7-14(9)18)15(20)19(2)12-5-3-4-11(16)8-12/h3-8H,18H2,1-2H3. The third-order valence-electron chi connectivity index (χ3n) is 3.13. The molecule has 0 saturated carbocycles. The molecule has 2 N–H and O–H groups in total. The molecule has 0 spiro atoms. The van der Waals surface area contributed by atoms with Crippen molar-refractivity contribution in [1.82, 2.24) is 0 Å². The summed E-state index contributed by atoms with van der Waals surface area (Å²) in [6.45, 7) is 1.54. The summed E-state index contributed by atoms with van der Waals surface area (Å²) in [6, 6.07) is 8.14. The van der Waals surface area contributed by atoms with Crippen molar-refractivity contribution in [3.8, 4) is 0 Å². The van der Waals surface area contributed by atoms with Gasteiger partial charge >= 0.3 is 0 Å². The van der Waals surface area contributed by atoms with Gasteiger partial charge in [-0.15, -0.1) is 0 Å². The number of nitrogen functional groups attached to an aromatic ring is 1. The van der Waals surface area contributed by atoms with Crippen molar-refractivity contribution in [3.63, 3.8) is 0 Å². The van der Waals surface area contributed by atoms with Gasteiger partial charge in [-0.3, -0.25) is 4.79 Å². The van der Waals surface area contributed by atoms with Gasteiger partial charge in [0.15, 0.2) is 0 Å². The first kappa shape index (κ1) is 14.0. The molecule has 0 fully saturated rings. The molecule has 0 aliphatic carbocycles. The Bertz CT molecular complexity index is 648. The average Bonchev–Trinajstić information content (AvgIpc) is 2.42. The molecule has 0 unspecified atom stereocenters. The monoisotopic (exact) mass is 276 g/mol.